The van der Waals surface area contributed by atoms with Crippen molar-refractivity contribution in [3.63, 3.8) is 0 Å². The second-order valence-corrected chi connectivity index (χ2v) is 10.2. The molecule has 3 rings (SSSR count). The van der Waals surface area contributed by atoms with Crippen LogP contribution in [0.4, 0.5) is 0 Å². The summed E-state index contributed by atoms with van der Waals surface area (Å²) in [6.45, 7) is 2.18. The van der Waals surface area contributed by atoms with Crippen molar-refractivity contribution in [2.75, 3.05) is 25.7 Å². The lowest BCUT2D eigenvalue weighted by Gasteiger charge is -2.39. The van der Waals surface area contributed by atoms with Crippen molar-refractivity contribution in [1.29, 1.82) is 0 Å². The lowest BCUT2D eigenvalue weighted by molar-refractivity contribution is -0.107. The molecule has 3 aliphatic heterocycles. The van der Waals surface area contributed by atoms with Crippen molar-refractivity contribution in [2.45, 2.75) is 36.6 Å². The second kappa shape index (κ2) is 9.07. The van der Waals surface area contributed by atoms with Gasteiger partial charge in [0.05, 0.1) is 9.11 Å². The standard InChI is InChI=1S/C20H26ClNO2S2/c1-15-16(6-4-7-18-9-8-17(21)14-22(15)18)12-20(13-19(23-2)24-3)25-10-5-11-26-20/h4,6-9,14,19H,5,10-13H2,1-3H3. The maximum Gasteiger partial charge on any atom is 0.158 e. The monoisotopic (exact) mass is 411 g/mol. The van der Waals surface area contributed by atoms with Crippen LogP contribution in [0.1, 0.15) is 26.2 Å². The smallest absolute Gasteiger partial charge is 0.158 e. The minimum atomic E-state index is -0.176. The Morgan fingerprint density at radius 3 is 2.62 bits per heavy atom. The average Bonchev–Trinajstić information content (AvgIpc) is 2.80. The molecule has 0 unspecified atom stereocenters. The zero-order chi connectivity index (χ0) is 18.6. The molecule has 0 N–H and O–H groups in total. The van der Waals surface area contributed by atoms with E-state index in [1.807, 2.05) is 35.8 Å². The number of allylic oxidation sites excluding steroid dienone is 8. The zero-order valence-corrected chi connectivity index (χ0v) is 17.9. The predicted octanol–water partition coefficient (Wildman–Crippen LogP) is 5.63. The fourth-order valence-corrected chi connectivity index (χ4v) is 6.87. The van der Waals surface area contributed by atoms with Crippen LogP contribution in [0, 0.1) is 0 Å². The third-order valence-corrected chi connectivity index (χ3v) is 8.41. The van der Waals surface area contributed by atoms with Crippen LogP contribution < -0.4 is 0 Å². The van der Waals surface area contributed by atoms with Gasteiger partial charge in [0.25, 0.3) is 0 Å². The summed E-state index contributed by atoms with van der Waals surface area (Å²) in [4.78, 5) is 2.19. The Bertz CT molecular complexity index is 671. The molecule has 0 aromatic heterocycles. The summed E-state index contributed by atoms with van der Waals surface area (Å²) in [6, 6.07) is 0. The molecule has 0 aliphatic carbocycles. The number of halogens is 1. The van der Waals surface area contributed by atoms with E-state index in [0.717, 1.165) is 23.6 Å². The van der Waals surface area contributed by atoms with Gasteiger partial charge >= 0.3 is 0 Å². The molecule has 0 radical (unpaired) electrons. The molecule has 0 saturated carbocycles. The molecule has 0 atom stereocenters. The number of thioether (sulfide) groups is 2. The first-order valence-electron chi connectivity index (χ1n) is 8.83. The van der Waals surface area contributed by atoms with Gasteiger partial charge in [-0.1, -0.05) is 23.8 Å². The number of fused-ring (bicyclic) bond motifs is 1. The van der Waals surface area contributed by atoms with Crippen LogP contribution in [-0.2, 0) is 9.47 Å². The van der Waals surface area contributed by atoms with Gasteiger partial charge in [-0.15, -0.1) is 23.5 Å². The first-order valence-corrected chi connectivity index (χ1v) is 11.2. The minimum Gasteiger partial charge on any atom is -0.356 e. The summed E-state index contributed by atoms with van der Waals surface area (Å²) in [5, 5.41) is 0.748. The highest BCUT2D eigenvalue weighted by Crippen LogP contribution is 2.50. The third kappa shape index (κ3) is 4.63. The maximum absolute atomic E-state index is 6.25. The van der Waals surface area contributed by atoms with Gasteiger partial charge in [0.2, 0.25) is 0 Å². The zero-order valence-electron chi connectivity index (χ0n) is 15.5. The van der Waals surface area contributed by atoms with Gasteiger partial charge < -0.3 is 14.4 Å². The Morgan fingerprint density at radius 2 is 1.92 bits per heavy atom. The van der Waals surface area contributed by atoms with Gasteiger partial charge in [-0.25, -0.2) is 0 Å². The molecule has 0 spiro atoms. The number of rotatable bonds is 6. The second-order valence-electron chi connectivity index (χ2n) is 6.52. The lowest BCUT2D eigenvalue weighted by Crippen LogP contribution is -2.33. The quantitative estimate of drug-likeness (QED) is 0.526. The molecule has 3 aliphatic rings. The van der Waals surface area contributed by atoms with E-state index >= 15 is 0 Å². The van der Waals surface area contributed by atoms with Gasteiger partial charge in [0.15, 0.2) is 6.29 Å². The molecule has 26 heavy (non-hydrogen) atoms. The third-order valence-electron chi connectivity index (χ3n) is 4.82. The van der Waals surface area contributed by atoms with E-state index in [-0.39, 0.29) is 10.4 Å². The first-order chi connectivity index (χ1) is 12.6. The lowest BCUT2D eigenvalue weighted by atomic mass is 10.0. The van der Waals surface area contributed by atoms with Crippen molar-refractivity contribution >= 4 is 35.1 Å². The van der Waals surface area contributed by atoms with Crippen molar-refractivity contribution in [3.8, 4) is 0 Å². The topological polar surface area (TPSA) is 21.7 Å². The highest BCUT2D eigenvalue weighted by Gasteiger charge is 2.38. The number of nitrogens with zero attached hydrogens (tertiary/aromatic N) is 1. The van der Waals surface area contributed by atoms with Crippen LogP contribution in [-0.4, -0.2) is 41.0 Å². The highest BCUT2D eigenvalue weighted by molar-refractivity contribution is 8.18. The van der Waals surface area contributed by atoms with Crippen molar-refractivity contribution in [2.24, 2.45) is 0 Å². The Balaban J connectivity index is 1.88. The Morgan fingerprint density at radius 1 is 1.19 bits per heavy atom. The Kier molecular flexibility index (Phi) is 7.03. The van der Waals surface area contributed by atoms with Gasteiger partial charge in [-0.05, 0) is 55.1 Å². The molecule has 0 amide bonds. The van der Waals surface area contributed by atoms with E-state index in [4.69, 9.17) is 21.1 Å². The number of hydrogen-bond donors (Lipinski definition) is 0. The van der Waals surface area contributed by atoms with E-state index in [2.05, 4.69) is 36.1 Å². The number of hydrogen-bond acceptors (Lipinski definition) is 5. The van der Waals surface area contributed by atoms with Gasteiger partial charge in [-0.2, -0.15) is 0 Å². The summed E-state index contributed by atoms with van der Waals surface area (Å²) < 4.78 is 11.1. The molecule has 0 aromatic carbocycles. The normalized spacial score (nSPS) is 22.3. The van der Waals surface area contributed by atoms with Crippen molar-refractivity contribution in [3.05, 3.63) is 58.6 Å². The molecular weight excluding hydrogens is 386 g/mol. The molecule has 3 heterocycles. The minimum absolute atomic E-state index is 0.0690. The molecule has 6 heteroatoms. The average molecular weight is 412 g/mol. The van der Waals surface area contributed by atoms with Crippen molar-refractivity contribution < 1.29 is 9.47 Å². The molecule has 1 fully saturated rings. The first kappa shape index (κ1) is 20.2. The number of ether oxygens (including phenoxy) is 2. The summed E-state index contributed by atoms with van der Waals surface area (Å²) in [6.07, 6.45) is 15.4. The molecule has 0 bridgehead atoms. The van der Waals surface area contributed by atoms with Crippen LogP contribution in [0.2, 0.25) is 0 Å². The summed E-state index contributed by atoms with van der Waals surface area (Å²) in [7, 11) is 3.44. The maximum atomic E-state index is 6.25. The van der Waals surface area contributed by atoms with Crippen LogP contribution in [0.5, 0.6) is 0 Å². The molecular formula is C20H26ClNO2S2. The SMILES string of the molecule is COC(CC1(CC2=C(C)N3C=C(Cl)C=CC3=CC=C2)SCCCS1)OC. The van der Waals surface area contributed by atoms with E-state index in [1.165, 1.54) is 29.2 Å². The molecule has 142 valence electrons. The summed E-state index contributed by atoms with van der Waals surface area (Å²) >= 11 is 10.3. The molecule has 1 saturated heterocycles. The van der Waals surface area contributed by atoms with Crippen LogP contribution in [0.3, 0.4) is 0 Å². The highest BCUT2D eigenvalue weighted by atomic mass is 35.5. The molecule has 0 aromatic rings. The number of methoxy groups -OCH3 is 2. The summed E-state index contributed by atoms with van der Waals surface area (Å²) in [5.41, 5.74) is 3.70. The van der Waals surface area contributed by atoms with Gasteiger partial charge in [0.1, 0.15) is 0 Å². The van der Waals surface area contributed by atoms with E-state index < -0.39 is 0 Å². The largest absolute Gasteiger partial charge is 0.356 e. The molecule has 3 nitrogen and oxygen atoms in total. The Labute approximate surface area is 170 Å². The fourth-order valence-electron chi connectivity index (χ4n) is 3.35. The Hall–Kier alpha value is -0.590. The van der Waals surface area contributed by atoms with Crippen LogP contribution in [0.25, 0.3) is 0 Å². The van der Waals surface area contributed by atoms with Gasteiger partial charge in [-0.3, -0.25) is 0 Å². The fraction of sp³-hybridized carbons (Fsp3) is 0.500. The van der Waals surface area contributed by atoms with Crippen molar-refractivity contribution in [1.82, 2.24) is 4.90 Å². The summed E-state index contributed by atoms with van der Waals surface area (Å²) in [5.74, 6) is 2.37. The van der Waals surface area contributed by atoms with Crippen LogP contribution in [0.15, 0.2) is 58.6 Å². The van der Waals surface area contributed by atoms with E-state index in [1.54, 1.807) is 14.2 Å². The van der Waals surface area contributed by atoms with Gasteiger partial charge in [0, 0.05) is 38.2 Å². The van der Waals surface area contributed by atoms with Crippen LogP contribution >= 0.6 is 35.1 Å². The van der Waals surface area contributed by atoms with E-state index in [9.17, 15) is 0 Å². The predicted molar refractivity (Wildman–Crippen MR) is 114 cm³/mol. The van der Waals surface area contributed by atoms with E-state index in [0.29, 0.717) is 0 Å².